The van der Waals surface area contributed by atoms with Gasteiger partial charge in [-0.2, -0.15) is 13.2 Å². The van der Waals surface area contributed by atoms with Crippen LogP contribution in [0.4, 0.5) is 17.6 Å². The lowest BCUT2D eigenvalue weighted by Gasteiger charge is -2.11. The first kappa shape index (κ1) is 21.2. The molecule has 3 aromatic heterocycles. The number of primary amides is 1. The molecule has 3 aromatic rings. The summed E-state index contributed by atoms with van der Waals surface area (Å²) in [6, 6.07) is 0.955. The van der Waals surface area contributed by atoms with Crippen molar-refractivity contribution < 1.29 is 27.1 Å². The quantitative estimate of drug-likeness (QED) is 0.341. The zero-order valence-electron chi connectivity index (χ0n) is 15.2. The molecule has 0 fully saturated rings. The number of rotatable bonds is 7. The summed E-state index contributed by atoms with van der Waals surface area (Å²) in [6.45, 7) is -2.19. The summed E-state index contributed by atoms with van der Waals surface area (Å²) in [7, 11) is 0. The molecule has 0 radical (unpaired) electrons. The summed E-state index contributed by atoms with van der Waals surface area (Å²) in [4.78, 5) is 34.2. The number of pyridine rings is 1. The molecule has 30 heavy (non-hydrogen) atoms. The van der Waals surface area contributed by atoms with E-state index in [0.29, 0.717) is 16.7 Å². The first-order valence-corrected chi connectivity index (χ1v) is 8.50. The molecule has 3 heterocycles. The lowest BCUT2D eigenvalue weighted by molar-refractivity contribution is -0.174. The van der Waals surface area contributed by atoms with Crippen molar-refractivity contribution in [2.24, 2.45) is 5.73 Å². The number of carbonyl (C=O) groups excluding carboxylic acids is 1. The second kappa shape index (κ2) is 8.45. The minimum absolute atomic E-state index is 0.184. The van der Waals surface area contributed by atoms with Crippen LogP contribution in [-0.4, -0.2) is 44.8 Å². The van der Waals surface area contributed by atoms with Gasteiger partial charge in [0.05, 0.1) is 18.5 Å². The molecular formula is C18H15F4N5O3. The van der Waals surface area contributed by atoms with E-state index < -0.39 is 36.7 Å². The van der Waals surface area contributed by atoms with Crippen molar-refractivity contribution >= 4 is 23.1 Å². The molecule has 8 nitrogen and oxygen atoms in total. The average molecular weight is 425 g/mol. The van der Waals surface area contributed by atoms with Gasteiger partial charge in [-0.1, -0.05) is 0 Å². The van der Waals surface area contributed by atoms with Gasteiger partial charge in [0.1, 0.15) is 12.1 Å². The monoisotopic (exact) mass is 425 g/mol. The van der Waals surface area contributed by atoms with Gasteiger partial charge >= 0.3 is 6.18 Å². The van der Waals surface area contributed by atoms with Gasteiger partial charge in [-0.3, -0.25) is 9.59 Å². The second-order valence-electron chi connectivity index (χ2n) is 6.18. The Morgan fingerprint density at radius 1 is 1.37 bits per heavy atom. The number of ether oxygens (including phenoxy) is 1. The third kappa shape index (κ3) is 5.08. The van der Waals surface area contributed by atoms with E-state index >= 15 is 0 Å². The number of nitrogens with one attached hydrogen (secondary N) is 1. The highest BCUT2D eigenvalue weighted by atomic mass is 19.4. The van der Waals surface area contributed by atoms with Crippen LogP contribution >= 0.6 is 0 Å². The number of amides is 1. The third-order valence-corrected chi connectivity index (χ3v) is 3.92. The first-order chi connectivity index (χ1) is 14.1. The van der Waals surface area contributed by atoms with Gasteiger partial charge in [0.15, 0.2) is 11.5 Å². The summed E-state index contributed by atoms with van der Waals surface area (Å²) in [5.74, 6) is -1.76. The van der Waals surface area contributed by atoms with Gasteiger partial charge in [-0.05, 0) is 12.1 Å². The van der Waals surface area contributed by atoms with Crippen LogP contribution in [0.3, 0.4) is 0 Å². The lowest BCUT2D eigenvalue weighted by Crippen LogP contribution is -2.26. The van der Waals surface area contributed by atoms with Crippen molar-refractivity contribution in [2.75, 3.05) is 13.2 Å². The van der Waals surface area contributed by atoms with Crippen molar-refractivity contribution in [1.29, 1.82) is 0 Å². The smallest absolute Gasteiger partial charge is 0.370 e. The van der Waals surface area contributed by atoms with E-state index in [1.54, 1.807) is 6.20 Å². The summed E-state index contributed by atoms with van der Waals surface area (Å²) >= 11 is 0. The Morgan fingerprint density at radius 3 is 2.83 bits per heavy atom. The normalized spacial score (nSPS) is 12.1. The largest absolute Gasteiger partial charge is 0.411 e. The van der Waals surface area contributed by atoms with E-state index in [4.69, 9.17) is 5.73 Å². The molecule has 3 N–H and O–H groups in total. The number of alkyl halides is 3. The number of hydrogen-bond acceptors (Lipinski definition) is 5. The number of aromatic amines is 1. The molecule has 0 aromatic carbocycles. The summed E-state index contributed by atoms with van der Waals surface area (Å²) in [6.07, 6.45) is 2.21. The zero-order chi connectivity index (χ0) is 21.9. The molecule has 0 saturated heterocycles. The average Bonchev–Trinajstić information content (AvgIpc) is 3.08. The van der Waals surface area contributed by atoms with Crippen molar-refractivity contribution in [3.8, 4) is 11.3 Å². The number of fused-ring (bicyclic) bond motifs is 1. The predicted molar refractivity (Wildman–Crippen MR) is 98.6 cm³/mol. The standard InChI is InChI=1S/C18H15F4N5O3/c19-12-5-11(8-27(17(12)29)3-4-30-9-18(20,21)22)13-7-25-16-15(26-13)10(6-24-16)1-2-14(23)28/h1-2,5-8H,3-4,9H2,(H2,23,28)(H,24,25)/b2-1+. The fourth-order valence-electron chi connectivity index (χ4n) is 2.60. The molecule has 0 aliphatic heterocycles. The Bertz CT molecular complexity index is 1170. The summed E-state index contributed by atoms with van der Waals surface area (Å²) in [5, 5.41) is 0. The molecule has 0 atom stereocenters. The highest BCUT2D eigenvalue weighted by Crippen LogP contribution is 2.22. The van der Waals surface area contributed by atoms with Crippen LogP contribution in [0.5, 0.6) is 0 Å². The Labute approximate surface area is 166 Å². The number of hydrogen-bond donors (Lipinski definition) is 2. The number of H-pyrrole nitrogens is 1. The Hall–Kier alpha value is -3.54. The first-order valence-electron chi connectivity index (χ1n) is 8.50. The Morgan fingerprint density at radius 2 is 2.13 bits per heavy atom. The maximum absolute atomic E-state index is 14.1. The molecule has 0 spiro atoms. The molecule has 3 rings (SSSR count). The van der Waals surface area contributed by atoms with E-state index in [0.717, 1.165) is 16.7 Å². The van der Waals surface area contributed by atoms with Crippen LogP contribution in [0.15, 0.2) is 35.5 Å². The predicted octanol–water partition coefficient (Wildman–Crippen LogP) is 2.00. The minimum Gasteiger partial charge on any atom is -0.370 e. The topological polar surface area (TPSA) is 116 Å². The number of aromatic nitrogens is 4. The molecule has 0 saturated carbocycles. The van der Waals surface area contributed by atoms with E-state index in [1.165, 1.54) is 18.5 Å². The molecular weight excluding hydrogens is 410 g/mol. The van der Waals surface area contributed by atoms with Crippen LogP contribution in [-0.2, 0) is 16.1 Å². The summed E-state index contributed by atoms with van der Waals surface area (Å²) < 4.78 is 55.9. The highest BCUT2D eigenvalue weighted by Gasteiger charge is 2.27. The van der Waals surface area contributed by atoms with E-state index in [-0.39, 0.29) is 17.8 Å². The molecule has 12 heteroatoms. The summed E-state index contributed by atoms with van der Waals surface area (Å²) in [5.41, 5.74) is 5.74. The Balaban J connectivity index is 1.90. The maximum Gasteiger partial charge on any atom is 0.411 e. The SMILES string of the molecule is NC(=O)/C=C/c1c[nH]c2ncc(-c3cc(F)c(=O)n(CCOCC(F)(F)F)c3)nc12. The van der Waals surface area contributed by atoms with E-state index in [2.05, 4.69) is 19.7 Å². The van der Waals surface area contributed by atoms with Crippen molar-refractivity contribution in [3.05, 3.63) is 52.5 Å². The zero-order valence-corrected chi connectivity index (χ0v) is 15.2. The molecule has 158 valence electrons. The van der Waals surface area contributed by atoms with Gasteiger partial charge in [0, 0.05) is 36.1 Å². The number of nitrogens with zero attached hydrogens (tertiary/aromatic N) is 3. The van der Waals surface area contributed by atoms with Gasteiger partial charge in [0.25, 0.3) is 5.56 Å². The highest BCUT2D eigenvalue weighted by molar-refractivity contribution is 5.93. The molecule has 1 amide bonds. The Kier molecular flexibility index (Phi) is 5.96. The van der Waals surface area contributed by atoms with Crippen molar-refractivity contribution in [3.63, 3.8) is 0 Å². The van der Waals surface area contributed by atoms with Gasteiger partial charge < -0.3 is 20.0 Å². The van der Waals surface area contributed by atoms with Crippen LogP contribution in [0.1, 0.15) is 5.56 Å². The fraction of sp³-hybridized carbons (Fsp3) is 0.222. The molecule has 0 bridgehead atoms. The third-order valence-electron chi connectivity index (χ3n) is 3.92. The second-order valence-corrected chi connectivity index (χ2v) is 6.18. The van der Waals surface area contributed by atoms with Crippen LogP contribution in [0.2, 0.25) is 0 Å². The van der Waals surface area contributed by atoms with Crippen molar-refractivity contribution in [2.45, 2.75) is 12.7 Å². The van der Waals surface area contributed by atoms with Crippen LogP contribution < -0.4 is 11.3 Å². The number of halogens is 4. The number of carbonyl (C=O) groups is 1. The molecule has 0 aliphatic rings. The minimum atomic E-state index is -4.50. The maximum atomic E-state index is 14.1. The van der Waals surface area contributed by atoms with Gasteiger partial charge in [-0.15, -0.1) is 0 Å². The van der Waals surface area contributed by atoms with E-state index in [9.17, 15) is 27.2 Å². The van der Waals surface area contributed by atoms with Gasteiger partial charge in [0.2, 0.25) is 5.91 Å². The fourth-order valence-corrected chi connectivity index (χ4v) is 2.60. The van der Waals surface area contributed by atoms with Gasteiger partial charge in [-0.25, -0.2) is 14.4 Å². The lowest BCUT2D eigenvalue weighted by atomic mass is 10.2. The molecule has 0 unspecified atom stereocenters. The van der Waals surface area contributed by atoms with E-state index in [1.807, 2.05) is 0 Å². The van der Waals surface area contributed by atoms with Crippen LogP contribution in [0.25, 0.3) is 28.5 Å². The van der Waals surface area contributed by atoms with Crippen molar-refractivity contribution in [1.82, 2.24) is 19.5 Å². The van der Waals surface area contributed by atoms with Crippen LogP contribution in [0, 0.1) is 5.82 Å². The number of nitrogens with two attached hydrogens (primary N) is 1. The molecule has 0 aliphatic carbocycles.